The molecule has 5 nitrogen and oxygen atoms in total. The van der Waals surface area contributed by atoms with Crippen LogP contribution < -0.4 is 9.47 Å². The number of benzene rings is 2. The van der Waals surface area contributed by atoms with Crippen molar-refractivity contribution in [1.82, 2.24) is 9.88 Å². The Balaban J connectivity index is 1.27. The molecule has 0 N–H and O–H groups in total. The molecule has 1 aliphatic heterocycles. The highest BCUT2D eigenvalue weighted by Crippen LogP contribution is 2.27. The summed E-state index contributed by atoms with van der Waals surface area (Å²) in [6.45, 7) is 3.00. The molecular weight excluding hydrogens is 352 g/mol. The van der Waals surface area contributed by atoms with Crippen LogP contribution in [0.25, 0.3) is 11.1 Å². The zero-order chi connectivity index (χ0) is 19.3. The maximum absolute atomic E-state index is 5.87. The second kappa shape index (κ2) is 8.65. The van der Waals surface area contributed by atoms with Crippen LogP contribution in [-0.4, -0.2) is 37.2 Å². The van der Waals surface area contributed by atoms with Gasteiger partial charge in [0.1, 0.15) is 17.0 Å². The topological polar surface area (TPSA) is 47.7 Å². The van der Waals surface area contributed by atoms with Crippen LogP contribution in [0, 0.1) is 5.92 Å². The highest BCUT2D eigenvalue weighted by atomic mass is 16.5. The molecule has 0 unspecified atom stereocenters. The third-order valence-electron chi connectivity index (χ3n) is 5.66. The molecule has 5 heteroatoms. The summed E-state index contributed by atoms with van der Waals surface area (Å²) in [5.41, 5.74) is 3.10. The van der Waals surface area contributed by atoms with E-state index in [1.165, 1.54) is 24.8 Å². The molecule has 0 bridgehead atoms. The number of para-hydroxylation sites is 2. The average molecular weight is 380 g/mol. The fourth-order valence-corrected chi connectivity index (χ4v) is 3.99. The first kappa shape index (κ1) is 18.8. The molecule has 3 aromatic rings. The SMILES string of the molecule is COc1cc(CCC2CCN(Cc3nc4ccccc4o3)CC2)cc(OC)c1. The average Bonchev–Trinajstić information content (AvgIpc) is 3.15. The molecule has 1 aliphatic rings. The van der Waals surface area contributed by atoms with Gasteiger partial charge in [-0.15, -0.1) is 0 Å². The Morgan fingerprint density at radius 2 is 1.75 bits per heavy atom. The predicted octanol–water partition coefficient (Wildman–Crippen LogP) is 4.69. The lowest BCUT2D eigenvalue weighted by atomic mass is 9.90. The van der Waals surface area contributed by atoms with E-state index in [-0.39, 0.29) is 0 Å². The molecule has 0 radical (unpaired) electrons. The van der Waals surface area contributed by atoms with Crippen molar-refractivity contribution in [3.63, 3.8) is 0 Å². The second-order valence-corrected chi connectivity index (χ2v) is 7.55. The number of nitrogens with zero attached hydrogens (tertiary/aromatic N) is 2. The maximum atomic E-state index is 5.87. The molecule has 0 amide bonds. The number of aromatic nitrogens is 1. The molecule has 0 saturated carbocycles. The first-order valence-electron chi connectivity index (χ1n) is 10.0. The zero-order valence-electron chi connectivity index (χ0n) is 16.7. The third-order valence-corrected chi connectivity index (χ3v) is 5.66. The Bertz CT molecular complexity index is 858. The van der Waals surface area contributed by atoms with E-state index in [1.54, 1.807) is 14.2 Å². The molecular formula is C23H28N2O3. The zero-order valence-corrected chi connectivity index (χ0v) is 16.7. The quantitative estimate of drug-likeness (QED) is 0.595. The van der Waals surface area contributed by atoms with Gasteiger partial charge in [-0.1, -0.05) is 12.1 Å². The van der Waals surface area contributed by atoms with Crippen LogP contribution in [0.3, 0.4) is 0 Å². The minimum atomic E-state index is 0.761. The largest absolute Gasteiger partial charge is 0.497 e. The number of hydrogen-bond acceptors (Lipinski definition) is 5. The van der Waals surface area contributed by atoms with Crippen LogP contribution in [0.15, 0.2) is 46.9 Å². The van der Waals surface area contributed by atoms with Crippen molar-refractivity contribution < 1.29 is 13.9 Å². The van der Waals surface area contributed by atoms with Crippen molar-refractivity contribution in [2.75, 3.05) is 27.3 Å². The minimum absolute atomic E-state index is 0.761. The summed E-state index contributed by atoms with van der Waals surface area (Å²) in [6, 6.07) is 14.1. The minimum Gasteiger partial charge on any atom is -0.497 e. The van der Waals surface area contributed by atoms with Crippen LogP contribution in [-0.2, 0) is 13.0 Å². The predicted molar refractivity (Wildman–Crippen MR) is 110 cm³/mol. The first-order chi connectivity index (χ1) is 13.7. The number of rotatable bonds is 7. The van der Waals surface area contributed by atoms with E-state index in [9.17, 15) is 0 Å². The Labute approximate surface area is 166 Å². The van der Waals surface area contributed by atoms with Crippen LogP contribution >= 0.6 is 0 Å². The van der Waals surface area contributed by atoms with Crippen molar-refractivity contribution >= 4 is 11.1 Å². The molecule has 2 aromatic carbocycles. The Hall–Kier alpha value is -2.53. The van der Waals surface area contributed by atoms with Crippen molar-refractivity contribution in [3.8, 4) is 11.5 Å². The smallest absolute Gasteiger partial charge is 0.209 e. The lowest BCUT2D eigenvalue weighted by Crippen LogP contribution is -2.33. The Morgan fingerprint density at radius 3 is 2.43 bits per heavy atom. The maximum Gasteiger partial charge on any atom is 0.209 e. The number of methoxy groups -OCH3 is 2. The van der Waals surface area contributed by atoms with Crippen molar-refractivity contribution in [2.24, 2.45) is 5.92 Å². The van der Waals surface area contributed by atoms with E-state index < -0.39 is 0 Å². The molecule has 148 valence electrons. The normalized spacial score (nSPS) is 15.8. The molecule has 0 atom stereocenters. The van der Waals surface area contributed by atoms with E-state index >= 15 is 0 Å². The molecule has 1 saturated heterocycles. The number of ether oxygens (including phenoxy) is 2. The molecule has 4 rings (SSSR count). The van der Waals surface area contributed by atoms with Gasteiger partial charge in [-0.05, 0) is 74.5 Å². The van der Waals surface area contributed by atoms with Gasteiger partial charge in [0.25, 0.3) is 0 Å². The Morgan fingerprint density at radius 1 is 1.04 bits per heavy atom. The molecule has 0 spiro atoms. The van der Waals surface area contributed by atoms with E-state index in [2.05, 4.69) is 22.0 Å². The highest BCUT2D eigenvalue weighted by molar-refractivity contribution is 5.72. The van der Waals surface area contributed by atoms with Gasteiger partial charge in [0.15, 0.2) is 5.58 Å². The second-order valence-electron chi connectivity index (χ2n) is 7.55. The molecule has 28 heavy (non-hydrogen) atoms. The van der Waals surface area contributed by atoms with Crippen molar-refractivity contribution in [1.29, 1.82) is 0 Å². The summed E-state index contributed by atoms with van der Waals surface area (Å²) in [6.07, 6.45) is 4.71. The van der Waals surface area contributed by atoms with Crippen LogP contribution in [0.5, 0.6) is 11.5 Å². The summed E-state index contributed by atoms with van der Waals surface area (Å²) in [7, 11) is 3.40. The van der Waals surface area contributed by atoms with E-state index in [4.69, 9.17) is 13.9 Å². The van der Waals surface area contributed by atoms with Gasteiger partial charge in [0, 0.05) is 6.07 Å². The van der Waals surface area contributed by atoms with E-state index in [0.29, 0.717) is 0 Å². The lowest BCUT2D eigenvalue weighted by molar-refractivity contribution is 0.161. The number of oxazole rings is 1. The molecule has 2 heterocycles. The monoisotopic (exact) mass is 380 g/mol. The van der Waals surface area contributed by atoms with E-state index in [1.807, 2.05) is 30.3 Å². The summed E-state index contributed by atoms with van der Waals surface area (Å²) in [4.78, 5) is 7.06. The number of hydrogen-bond donors (Lipinski definition) is 0. The highest BCUT2D eigenvalue weighted by Gasteiger charge is 2.21. The van der Waals surface area contributed by atoms with Crippen molar-refractivity contribution in [2.45, 2.75) is 32.2 Å². The fourth-order valence-electron chi connectivity index (χ4n) is 3.99. The standard InChI is InChI=1S/C23H28N2O3/c1-26-19-13-18(14-20(15-19)27-2)8-7-17-9-11-25(12-10-17)16-23-24-21-5-3-4-6-22(21)28-23/h3-6,13-15,17H,7-12,16H2,1-2H3. The van der Waals surface area contributed by atoms with Crippen molar-refractivity contribution in [3.05, 3.63) is 53.9 Å². The summed E-state index contributed by atoms with van der Waals surface area (Å²) < 4.78 is 16.6. The van der Waals surface area contributed by atoms with Gasteiger partial charge in [0.2, 0.25) is 5.89 Å². The summed E-state index contributed by atoms with van der Waals surface area (Å²) >= 11 is 0. The fraction of sp³-hybridized carbons (Fsp3) is 0.435. The van der Waals surface area contributed by atoms with Gasteiger partial charge >= 0.3 is 0 Å². The third kappa shape index (κ3) is 4.47. The van der Waals surface area contributed by atoms with Gasteiger partial charge < -0.3 is 13.9 Å². The van der Waals surface area contributed by atoms with Crippen LogP contribution in [0.4, 0.5) is 0 Å². The van der Waals surface area contributed by atoms with Gasteiger partial charge in [0.05, 0.1) is 20.8 Å². The van der Waals surface area contributed by atoms with E-state index in [0.717, 1.165) is 60.5 Å². The molecule has 1 fully saturated rings. The number of piperidine rings is 1. The number of fused-ring (bicyclic) bond motifs is 1. The van der Waals surface area contributed by atoms with Gasteiger partial charge in [-0.2, -0.15) is 0 Å². The first-order valence-corrected chi connectivity index (χ1v) is 10.0. The number of aryl methyl sites for hydroxylation is 1. The summed E-state index contributed by atoms with van der Waals surface area (Å²) in [5, 5.41) is 0. The molecule has 1 aromatic heterocycles. The molecule has 0 aliphatic carbocycles. The van der Waals surface area contributed by atoms with Gasteiger partial charge in [-0.3, -0.25) is 4.90 Å². The summed E-state index contributed by atoms with van der Waals surface area (Å²) in [5.74, 6) is 3.31. The van der Waals surface area contributed by atoms with Crippen LogP contribution in [0.1, 0.15) is 30.7 Å². The number of likely N-dealkylation sites (tertiary alicyclic amines) is 1. The lowest BCUT2D eigenvalue weighted by Gasteiger charge is -2.31. The Kier molecular flexibility index (Phi) is 5.81. The van der Waals surface area contributed by atoms with Crippen LogP contribution in [0.2, 0.25) is 0 Å². The van der Waals surface area contributed by atoms with Gasteiger partial charge in [-0.25, -0.2) is 4.98 Å².